The van der Waals surface area contributed by atoms with Crippen LogP contribution in [0.3, 0.4) is 0 Å². The quantitative estimate of drug-likeness (QED) is 0.844. The van der Waals surface area contributed by atoms with E-state index in [9.17, 15) is 12.8 Å². The van der Waals surface area contributed by atoms with E-state index in [0.717, 1.165) is 17.8 Å². The molecule has 8 heteroatoms. The van der Waals surface area contributed by atoms with Gasteiger partial charge in [0, 0.05) is 11.1 Å². The molecule has 0 saturated carbocycles. The minimum Gasteiger partial charge on any atom is -0.396 e. The van der Waals surface area contributed by atoms with E-state index in [1.807, 2.05) is 12.3 Å². The molecule has 0 fully saturated rings. The van der Waals surface area contributed by atoms with Crippen molar-refractivity contribution in [1.82, 2.24) is 9.71 Å². The fourth-order valence-corrected chi connectivity index (χ4v) is 4.22. The van der Waals surface area contributed by atoms with Crippen LogP contribution in [0.15, 0.2) is 22.4 Å². The molecule has 3 N–H and O–H groups in total. The van der Waals surface area contributed by atoms with Crippen LogP contribution in [0, 0.1) is 19.7 Å². The minimum absolute atomic E-state index is 0.0264. The van der Waals surface area contributed by atoms with Gasteiger partial charge in [-0.05, 0) is 38.5 Å². The summed E-state index contributed by atoms with van der Waals surface area (Å²) in [5.41, 5.74) is 6.40. The van der Waals surface area contributed by atoms with E-state index in [4.69, 9.17) is 5.73 Å². The van der Waals surface area contributed by atoms with Crippen LogP contribution in [-0.4, -0.2) is 13.4 Å². The first-order chi connectivity index (χ1) is 9.70. The predicted octanol–water partition coefficient (Wildman–Crippen LogP) is 2.52. The van der Waals surface area contributed by atoms with E-state index >= 15 is 0 Å². The first-order valence-electron chi connectivity index (χ1n) is 6.20. The van der Waals surface area contributed by atoms with Crippen LogP contribution in [-0.2, 0) is 10.0 Å². The van der Waals surface area contributed by atoms with E-state index in [0.29, 0.717) is 10.6 Å². The van der Waals surface area contributed by atoms with Gasteiger partial charge in [-0.1, -0.05) is 0 Å². The molecule has 1 atom stereocenters. The van der Waals surface area contributed by atoms with Crippen molar-refractivity contribution in [2.75, 3.05) is 5.73 Å². The Hall–Kier alpha value is -1.51. The number of rotatable bonds is 4. The van der Waals surface area contributed by atoms with Crippen LogP contribution < -0.4 is 10.5 Å². The van der Waals surface area contributed by atoms with Gasteiger partial charge in [0.15, 0.2) is 0 Å². The van der Waals surface area contributed by atoms with Crippen LogP contribution >= 0.6 is 11.3 Å². The van der Waals surface area contributed by atoms with Crippen molar-refractivity contribution in [1.29, 1.82) is 0 Å². The first kappa shape index (κ1) is 15.9. The standard InChI is InChI=1S/C13H16FN3O2S2/c1-7-4-10(14)11(15)5-12(7)21(18,19)17-9(3)13-16-8(2)6-20-13/h4-6,9,17H,15H2,1-3H3. The van der Waals surface area contributed by atoms with Gasteiger partial charge in [0.1, 0.15) is 10.8 Å². The summed E-state index contributed by atoms with van der Waals surface area (Å²) in [5, 5.41) is 2.52. The molecule has 0 bridgehead atoms. The highest BCUT2D eigenvalue weighted by atomic mass is 32.2. The number of hydrogen-bond donors (Lipinski definition) is 2. The zero-order valence-electron chi connectivity index (χ0n) is 11.8. The summed E-state index contributed by atoms with van der Waals surface area (Å²) in [7, 11) is -3.80. The van der Waals surface area contributed by atoms with Crippen molar-refractivity contribution in [2.24, 2.45) is 0 Å². The molecule has 0 spiro atoms. The van der Waals surface area contributed by atoms with Crippen molar-refractivity contribution in [3.05, 3.63) is 39.6 Å². The lowest BCUT2D eigenvalue weighted by molar-refractivity contribution is 0.565. The van der Waals surface area contributed by atoms with Crippen molar-refractivity contribution in [3.8, 4) is 0 Å². The molecule has 2 aromatic rings. The molecule has 5 nitrogen and oxygen atoms in total. The number of nitrogens with zero attached hydrogens (tertiary/aromatic N) is 1. The summed E-state index contributed by atoms with van der Waals surface area (Å²) in [6.45, 7) is 5.07. The van der Waals surface area contributed by atoms with E-state index in [-0.39, 0.29) is 10.6 Å². The van der Waals surface area contributed by atoms with E-state index in [2.05, 4.69) is 9.71 Å². The molecule has 0 aliphatic rings. The fraction of sp³-hybridized carbons (Fsp3) is 0.308. The van der Waals surface area contributed by atoms with Crippen molar-refractivity contribution >= 4 is 27.0 Å². The molecule has 1 heterocycles. The topological polar surface area (TPSA) is 85.1 Å². The smallest absolute Gasteiger partial charge is 0.241 e. The monoisotopic (exact) mass is 329 g/mol. The Morgan fingerprint density at radius 2 is 2.05 bits per heavy atom. The number of sulfonamides is 1. The molecule has 0 saturated heterocycles. The lowest BCUT2D eigenvalue weighted by atomic mass is 10.2. The van der Waals surface area contributed by atoms with Crippen LogP contribution in [0.25, 0.3) is 0 Å². The average Bonchev–Trinajstić information content (AvgIpc) is 2.80. The Kier molecular flexibility index (Phi) is 4.31. The normalized spacial score (nSPS) is 13.3. The van der Waals surface area contributed by atoms with Gasteiger partial charge in [0.05, 0.1) is 16.6 Å². The SMILES string of the molecule is Cc1csc(C(C)NS(=O)(=O)c2cc(N)c(F)cc2C)n1. The zero-order chi connectivity index (χ0) is 15.8. The van der Waals surface area contributed by atoms with Gasteiger partial charge >= 0.3 is 0 Å². The Morgan fingerprint density at radius 1 is 1.38 bits per heavy atom. The van der Waals surface area contributed by atoms with Crippen LogP contribution in [0.4, 0.5) is 10.1 Å². The third-order valence-electron chi connectivity index (χ3n) is 2.92. The Balaban J connectivity index is 2.32. The number of thiazole rings is 1. The van der Waals surface area contributed by atoms with Crippen molar-refractivity contribution in [2.45, 2.75) is 31.7 Å². The van der Waals surface area contributed by atoms with Crippen LogP contribution in [0.5, 0.6) is 0 Å². The maximum atomic E-state index is 13.3. The Bertz CT molecular complexity index is 772. The number of anilines is 1. The number of halogens is 1. The van der Waals surface area contributed by atoms with E-state index in [1.54, 1.807) is 6.92 Å². The molecular formula is C13H16FN3O2S2. The number of nitrogens with one attached hydrogen (secondary N) is 1. The molecule has 114 valence electrons. The van der Waals surface area contributed by atoms with Gasteiger partial charge in [0.2, 0.25) is 10.0 Å². The Labute approximate surface area is 127 Å². The van der Waals surface area contributed by atoms with E-state index in [1.165, 1.54) is 18.3 Å². The molecule has 0 amide bonds. The second-order valence-electron chi connectivity index (χ2n) is 4.81. The minimum atomic E-state index is -3.80. The van der Waals surface area contributed by atoms with Gasteiger partial charge in [0.25, 0.3) is 0 Å². The molecule has 1 unspecified atom stereocenters. The Morgan fingerprint density at radius 3 is 2.62 bits per heavy atom. The largest absolute Gasteiger partial charge is 0.396 e. The number of aromatic nitrogens is 1. The number of hydrogen-bond acceptors (Lipinski definition) is 5. The highest BCUT2D eigenvalue weighted by Gasteiger charge is 2.23. The van der Waals surface area contributed by atoms with Crippen molar-refractivity contribution in [3.63, 3.8) is 0 Å². The molecule has 0 radical (unpaired) electrons. The third-order valence-corrected chi connectivity index (χ3v) is 5.75. The fourth-order valence-electron chi connectivity index (χ4n) is 1.88. The highest BCUT2D eigenvalue weighted by Crippen LogP contribution is 2.24. The third kappa shape index (κ3) is 3.39. The summed E-state index contributed by atoms with van der Waals surface area (Å²) in [6.07, 6.45) is 0. The lowest BCUT2D eigenvalue weighted by Gasteiger charge is -2.14. The molecular weight excluding hydrogens is 313 g/mol. The van der Waals surface area contributed by atoms with Gasteiger partial charge < -0.3 is 5.73 Å². The van der Waals surface area contributed by atoms with Crippen LogP contribution in [0.2, 0.25) is 0 Å². The molecule has 1 aromatic heterocycles. The summed E-state index contributed by atoms with van der Waals surface area (Å²) >= 11 is 1.38. The summed E-state index contributed by atoms with van der Waals surface area (Å²) < 4.78 is 40.7. The predicted molar refractivity (Wildman–Crippen MR) is 81.1 cm³/mol. The molecule has 0 aliphatic carbocycles. The number of benzene rings is 1. The molecule has 1 aromatic carbocycles. The second-order valence-corrected chi connectivity index (χ2v) is 7.38. The highest BCUT2D eigenvalue weighted by molar-refractivity contribution is 7.89. The van der Waals surface area contributed by atoms with Gasteiger partial charge in [-0.3, -0.25) is 0 Å². The average molecular weight is 329 g/mol. The molecule has 21 heavy (non-hydrogen) atoms. The van der Waals surface area contributed by atoms with Crippen molar-refractivity contribution < 1.29 is 12.8 Å². The maximum absolute atomic E-state index is 13.3. The molecule has 2 rings (SSSR count). The number of nitrogens with two attached hydrogens (primary N) is 1. The summed E-state index contributed by atoms with van der Waals surface area (Å²) in [4.78, 5) is 4.22. The zero-order valence-corrected chi connectivity index (χ0v) is 13.5. The first-order valence-corrected chi connectivity index (χ1v) is 8.57. The second kappa shape index (κ2) is 5.70. The van der Waals surface area contributed by atoms with Gasteiger partial charge in [-0.2, -0.15) is 0 Å². The van der Waals surface area contributed by atoms with E-state index < -0.39 is 21.9 Å². The van der Waals surface area contributed by atoms with Gasteiger partial charge in [-0.25, -0.2) is 22.5 Å². The maximum Gasteiger partial charge on any atom is 0.241 e. The van der Waals surface area contributed by atoms with Gasteiger partial charge in [-0.15, -0.1) is 11.3 Å². The number of aryl methyl sites for hydroxylation is 2. The summed E-state index contributed by atoms with van der Waals surface area (Å²) in [6, 6.07) is 1.77. The lowest BCUT2D eigenvalue weighted by Crippen LogP contribution is -2.27. The van der Waals surface area contributed by atoms with Crippen LogP contribution in [0.1, 0.15) is 29.2 Å². The molecule has 0 aliphatic heterocycles. The number of nitrogen functional groups attached to an aromatic ring is 1. The summed E-state index contributed by atoms with van der Waals surface area (Å²) in [5.74, 6) is -0.630.